The molecular formula is C17H16ClN3O2. The topological polar surface area (TPSA) is 57.6 Å². The number of benzene rings is 2. The van der Waals surface area contributed by atoms with Crippen molar-refractivity contribution in [2.24, 2.45) is 10.3 Å². The van der Waals surface area contributed by atoms with E-state index in [-0.39, 0.29) is 11.9 Å². The Balaban J connectivity index is 1.66. The van der Waals surface area contributed by atoms with E-state index in [2.05, 4.69) is 10.3 Å². The molecule has 5 nitrogen and oxygen atoms in total. The van der Waals surface area contributed by atoms with E-state index in [1.165, 1.54) is 0 Å². The minimum absolute atomic E-state index is 0.0268. The molecule has 0 bridgehead atoms. The average Bonchev–Trinajstić information content (AvgIpc) is 3.34. The maximum absolute atomic E-state index is 12.4. The largest absolute Gasteiger partial charge is 0.356 e. The van der Waals surface area contributed by atoms with Gasteiger partial charge < -0.3 is 4.74 Å². The lowest BCUT2D eigenvalue weighted by Crippen LogP contribution is -2.07. The molecular weight excluding hydrogens is 314 g/mol. The first-order valence-corrected chi connectivity index (χ1v) is 7.56. The Hall–Kier alpha value is -2.24. The number of ketones is 1. The molecule has 0 saturated carbocycles. The summed E-state index contributed by atoms with van der Waals surface area (Å²) >= 11 is 5.86. The van der Waals surface area contributed by atoms with Gasteiger partial charge in [-0.3, -0.25) is 9.80 Å². The van der Waals surface area contributed by atoms with Gasteiger partial charge in [0.05, 0.1) is 5.69 Å². The second-order valence-electron chi connectivity index (χ2n) is 5.48. The second-order valence-corrected chi connectivity index (χ2v) is 5.91. The molecule has 2 aromatic rings. The highest BCUT2D eigenvalue weighted by Crippen LogP contribution is 2.41. The highest BCUT2D eigenvalue weighted by Gasteiger charge is 2.46. The average molecular weight is 330 g/mol. The second kappa shape index (κ2) is 6.48. The maximum Gasteiger partial charge on any atom is 0.194 e. The zero-order valence-electron chi connectivity index (χ0n) is 12.8. The van der Waals surface area contributed by atoms with Crippen LogP contribution in [0, 0.1) is 0 Å². The van der Waals surface area contributed by atoms with Gasteiger partial charge in [-0.2, -0.15) is 0 Å². The Morgan fingerprint density at radius 3 is 2.35 bits per heavy atom. The normalized spacial score (nSPS) is 19.8. The van der Waals surface area contributed by atoms with Gasteiger partial charge in [0.15, 0.2) is 11.9 Å². The molecule has 0 radical (unpaired) electrons. The summed E-state index contributed by atoms with van der Waals surface area (Å²) in [5.41, 5.74) is 2.26. The molecule has 0 amide bonds. The molecule has 2 aromatic carbocycles. The van der Waals surface area contributed by atoms with Crippen molar-refractivity contribution in [2.75, 3.05) is 14.1 Å². The first kappa shape index (κ1) is 15.6. The molecule has 2 atom stereocenters. The summed E-state index contributed by atoms with van der Waals surface area (Å²) in [5.74, 6) is -0.0268. The molecule has 6 heteroatoms. The van der Waals surface area contributed by atoms with Crippen molar-refractivity contribution in [1.29, 1.82) is 0 Å². The van der Waals surface area contributed by atoms with Gasteiger partial charge in [0.2, 0.25) is 0 Å². The predicted molar refractivity (Wildman–Crippen MR) is 88.0 cm³/mol. The molecule has 3 rings (SSSR count). The van der Waals surface area contributed by atoms with Crippen molar-refractivity contribution in [3.63, 3.8) is 0 Å². The summed E-state index contributed by atoms with van der Waals surface area (Å²) in [7, 11) is 3.59. The number of carbonyl (C=O) groups excluding carboxylic acids is 1. The molecule has 0 spiro atoms. The Labute approximate surface area is 139 Å². The molecule has 1 aliphatic rings. The van der Waals surface area contributed by atoms with Crippen LogP contribution in [0.15, 0.2) is 58.9 Å². The number of rotatable bonds is 5. The Kier molecular flexibility index (Phi) is 4.41. The molecule has 23 heavy (non-hydrogen) atoms. The van der Waals surface area contributed by atoms with Gasteiger partial charge >= 0.3 is 0 Å². The molecule has 2 unspecified atom stereocenters. The van der Waals surface area contributed by atoms with Crippen molar-refractivity contribution in [3.05, 3.63) is 64.7 Å². The number of halogens is 1. The van der Waals surface area contributed by atoms with Crippen LogP contribution in [0.4, 0.5) is 5.69 Å². The lowest BCUT2D eigenvalue weighted by Gasteiger charge is -2.01. The fraction of sp³-hybridized carbons (Fsp3) is 0.235. The Morgan fingerprint density at radius 1 is 1.09 bits per heavy atom. The summed E-state index contributed by atoms with van der Waals surface area (Å²) in [6.45, 7) is 0. The standard InChI is InChI=1S/C17H16ClN3O2/c1-21(2)20-19-14-9-5-11(6-10-14)15(22)17-16(23-17)12-3-7-13(18)8-4-12/h3-10,16-17H,1-2H3. The van der Waals surface area contributed by atoms with Crippen LogP contribution in [-0.2, 0) is 4.74 Å². The number of epoxide rings is 1. The minimum atomic E-state index is -0.426. The first-order valence-electron chi connectivity index (χ1n) is 7.19. The van der Waals surface area contributed by atoms with E-state index in [0.717, 1.165) is 5.56 Å². The van der Waals surface area contributed by atoms with Crippen LogP contribution in [0.2, 0.25) is 5.02 Å². The van der Waals surface area contributed by atoms with Crippen molar-refractivity contribution in [3.8, 4) is 0 Å². The molecule has 1 fully saturated rings. The summed E-state index contributed by atoms with van der Waals surface area (Å²) in [5, 5.41) is 10.2. The molecule has 0 N–H and O–H groups in total. The zero-order valence-corrected chi connectivity index (χ0v) is 13.6. The number of hydrogen-bond donors (Lipinski definition) is 0. The van der Waals surface area contributed by atoms with Crippen molar-refractivity contribution >= 4 is 23.1 Å². The van der Waals surface area contributed by atoms with Gasteiger partial charge in [0, 0.05) is 24.7 Å². The maximum atomic E-state index is 12.4. The zero-order chi connectivity index (χ0) is 16.4. The highest BCUT2D eigenvalue weighted by atomic mass is 35.5. The number of ether oxygens (including phenoxy) is 1. The number of carbonyl (C=O) groups is 1. The van der Waals surface area contributed by atoms with E-state index < -0.39 is 6.10 Å². The van der Waals surface area contributed by atoms with E-state index in [4.69, 9.17) is 16.3 Å². The minimum Gasteiger partial charge on any atom is -0.356 e. The van der Waals surface area contributed by atoms with Crippen LogP contribution in [0.5, 0.6) is 0 Å². The summed E-state index contributed by atoms with van der Waals surface area (Å²) < 4.78 is 5.53. The number of nitrogens with zero attached hydrogens (tertiary/aromatic N) is 3. The van der Waals surface area contributed by atoms with E-state index in [1.54, 1.807) is 55.5 Å². The van der Waals surface area contributed by atoms with E-state index in [1.807, 2.05) is 12.1 Å². The first-order chi connectivity index (χ1) is 11.0. The van der Waals surface area contributed by atoms with Crippen LogP contribution < -0.4 is 0 Å². The van der Waals surface area contributed by atoms with E-state index in [0.29, 0.717) is 16.3 Å². The van der Waals surface area contributed by atoms with Crippen LogP contribution in [0.25, 0.3) is 0 Å². The van der Waals surface area contributed by atoms with E-state index >= 15 is 0 Å². The fourth-order valence-electron chi connectivity index (χ4n) is 2.22. The van der Waals surface area contributed by atoms with Gasteiger partial charge in [-0.1, -0.05) is 29.0 Å². The smallest absolute Gasteiger partial charge is 0.194 e. The summed E-state index contributed by atoms with van der Waals surface area (Å²) in [6.07, 6.45) is -0.613. The quantitative estimate of drug-likeness (QED) is 0.357. The van der Waals surface area contributed by atoms with Gasteiger partial charge in [0.1, 0.15) is 6.10 Å². The Bertz CT molecular complexity index is 727. The molecule has 1 heterocycles. The molecule has 0 aliphatic carbocycles. The molecule has 118 valence electrons. The lowest BCUT2D eigenvalue weighted by molar-refractivity contribution is 0.0953. The van der Waals surface area contributed by atoms with Crippen molar-refractivity contribution in [1.82, 2.24) is 5.01 Å². The predicted octanol–water partition coefficient (Wildman–Crippen LogP) is 4.22. The molecule has 1 saturated heterocycles. The van der Waals surface area contributed by atoms with E-state index in [9.17, 15) is 4.79 Å². The molecule has 0 aromatic heterocycles. The van der Waals surface area contributed by atoms with Crippen LogP contribution in [0.1, 0.15) is 22.0 Å². The highest BCUT2D eigenvalue weighted by molar-refractivity contribution is 6.30. The van der Waals surface area contributed by atoms with Crippen molar-refractivity contribution < 1.29 is 9.53 Å². The third kappa shape index (κ3) is 3.75. The van der Waals surface area contributed by atoms with Gasteiger partial charge in [-0.15, -0.1) is 5.11 Å². The van der Waals surface area contributed by atoms with Crippen LogP contribution in [0.3, 0.4) is 0 Å². The third-order valence-electron chi connectivity index (χ3n) is 3.44. The van der Waals surface area contributed by atoms with Gasteiger partial charge in [-0.25, -0.2) is 0 Å². The van der Waals surface area contributed by atoms with Crippen LogP contribution >= 0.6 is 11.6 Å². The number of hydrogen-bond acceptors (Lipinski definition) is 4. The summed E-state index contributed by atoms with van der Waals surface area (Å²) in [4.78, 5) is 12.4. The monoisotopic (exact) mass is 329 g/mol. The number of Topliss-reactive ketones (excluding diaryl/α,β-unsaturated/α-hetero) is 1. The fourth-order valence-corrected chi connectivity index (χ4v) is 2.34. The van der Waals surface area contributed by atoms with Crippen LogP contribution in [-0.4, -0.2) is 31.0 Å². The van der Waals surface area contributed by atoms with Gasteiger partial charge in [-0.05, 0) is 42.0 Å². The summed E-state index contributed by atoms with van der Waals surface area (Å²) in [6, 6.07) is 14.4. The SMILES string of the molecule is CN(C)N=Nc1ccc(C(=O)C2OC2c2ccc(Cl)cc2)cc1. The van der Waals surface area contributed by atoms with Crippen molar-refractivity contribution in [2.45, 2.75) is 12.2 Å². The Morgan fingerprint density at radius 2 is 1.74 bits per heavy atom. The third-order valence-corrected chi connectivity index (χ3v) is 3.69. The van der Waals surface area contributed by atoms with Gasteiger partial charge in [0.25, 0.3) is 0 Å². The molecule has 1 aliphatic heterocycles. The lowest BCUT2D eigenvalue weighted by atomic mass is 10.0.